The van der Waals surface area contributed by atoms with Crippen LogP contribution in [0.2, 0.25) is 0 Å². The van der Waals surface area contributed by atoms with Gasteiger partial charge < -0.3 is 0 Å². The van der Waals surface area contributed by atoms with Gasteiger partial charge in [0.2, 0.25) is 0 Å². The molecule has 0 atom stereocenters. The summed E-state index contributed by atoms with van der Waals surface area (Å²) in [6.07, 6.45) is 1.25. The van der Waals surface area contributed by atoms with Crippen molar-refractivity contribution in [1.82, 2.24) is 4.98 Å². The van der Waals surface area contributed by atoms with Crippen molar-refractivity contribution in [1.29, 1.82) is 0 Å². The average molecular weight is 273 g/mol. The van der Waals surface area contributed by atoms with E-state index in [2.05, 4.69) is 27.6 Å². The second-order valence-electron chi connectivity index (χ2n) is 2.44. The molecule has 0 spiro atoms. The Hall–Kier alpha value is -0.710. The molecule has 0 bridgehead atoms. The van der Waals surface area contributed by atoms with Gasteiger partial charge in [0.15, 0.2) is 0 Å². The summed E-state index contributed by atoms with van der Waals surface area (Å²) >= 11 is 2.10. The van der Waals surface area contributed by atoms with Crippen molar-refractivity contribution >= 4 is 33.4 Å². The van der Waals surface area contributed by atoms with Crippen LogP contribution in [0.1, 0.15) is 0 Å². The molecule has 0 saturated carbocycles. The molecule has 0 unspecified atom stereocenters. The van der Waals surface area contributed by atoms with E-state index < -0.39 is 0 Å². The average Bonchev–Trinajstić information content (AvgIpc) is 2.12. The Labute approximate surface area is 82.8 Å². The van der Waals surface area contributed by atoms with Gasteiger partial charge in [0.05, 0.1) is 6.20 Å². The number of aromatic nitrogens is 1. The van der Waals surface area contributed by atoms with E-state index in [9.17, 15) is 4.39 Å². The maximum Gasteiger partial charge on any atom is 0.149 e. The van der Waals surface area contributed by atoms with E-state index >= 15 is 0 Å². The van der Waals surface area contributed by atoms with Crippen LogP contribution in [0.4, 0.5) is 4.39 Å². The van der Waals surface area contributed by atoms with E-state index in [1.807, 2.05) is 18.2 Å². The molecule has 3 heteroatoms. The molecule has 2 rings (SSSR count). The highest BCUT2D eigenvalue weighted by Crippen LogP contribution is 2.20. The number of pyridine rings is 1. The molecule has 0 aliphatic rings. The van der Waals surface area contributed by atoms with Gasteiger partial charge in [-0.1, -0.05) is 24.3 Å². The Bertz CT molecular complexity index is 387. The summed E-state index contributed by atoms with van der Waals surface area (Å²) in [5.74, 6) is -0.258. The van der Waals surface area contributed by atoms with E-state index in [-0.39, 0.29) is 5.82 Å². The zero-order valence-corrected chi connectivity index (χ0v) is 8.25. The van der Waals surface area contributed by atoms with Crippen LogP contribution in [0.15, 0.2) is 30.5 Å². The highest BCUT2D eigenvalue weighted by molar-refractivity contribution is 14.1. The maximum absolute atomic E-state index is 13.1. The fraction of sp³-hybridized carbons (Fsp3) is 0. The van der Waals surface area contributed by atoms with Gasteiger partial charge in [0, 0.05) is 10.8 Å². The number of fused-ring (bicyclic) bond motifs is 1. The Kier molecular flexibility index (Phi) is 1.96. The number of hydrogen-bond acceptors (Lipinski definition) is 1. The second kappa shape index (κ2) is 2.97. The molecule has 0 fully saturated rings. The molecule has 1 heterocycles. The highest BCUT2D eigenvalue weighted by Gasteiger charge is 2.02. The van der Waals surface area contributed by atoms with Crippen molar-refractivity contribution in [3.8, 4) is 0 Å². The Balaban J connectivity index is 2.95. The lowest BCUT2D eigenvalue weighted by Gasteiger charge is -1.99. The number of nitrogens with zero attached hydrogens (tertiary/aromatic N) is 1. The van der Waals surface area contributed by atoms with E-state index in [1.165, 1.54) is 6.20 Å². The van der Waals surface area contributed by atoms with Crippen LogP contribution in [0.3, 0.4) is 0 Å². The molecular formula is C9H5FIN. The molecule has 0 radical (unpaired) electrons. The summed E-state index contributed by atoms with van der Waals surface area (Å²) in [6.45, 7) is 0. The summed E-state index contributed by atoms with van der Waals surface area (Å²) in [5, 5.41) is 1.51. The molecule has 0 aliphatic heterocycles. The Morgan fingerprint density at radius 1 is 1.17 bits per heavy atom. The molecule has 0 amide bonds. The molecular weight excluding hydrogens is 268 g/mol. The topological polar surface area (TPSA) is 12.9 Å². The molecule has 12 heavy (non-hydrogen) atoms. The van der Waals surface area contributed by atoms with Crippen molar-refractivity contribution in [2.24, 2.45) is 0 Å². The first-order valence-electron chi connectivity index (χ1n) is 3.48. The van der Waals surface area contributed by atoms with Crippen LogP contribution in [0, 0.1) is 9.52 Å². The molecule has 1 nitrogen and oxygen atoms in total. The van der Waals surface area contributed by atoms with Crippen molar-refractivity contribution in [2.75, 3.05) is 0 Å². The second-order valence-corrected chi connectivity index (χ2v) is 3.46. The first kappa shape index (κ1) is 7.91. The van der Waals surface area contributed by atoms with Crippen LogP contribution >= 0.6 is 22.6 Å². The van der Waals surface area contributed by atoms with Crippen molar-refractivity contribution in [3.05, 3.63) is 40.0 Å². The maximum atomic E-state index is 13.1. The number of hydrogen-bond donors (Lipinski definition) is 0. The summed E-state index contributed by atoms with van der Waals surface area (Å²) in [6, 6.07) is 7.33. The highest BCUT2D eigenvalue weighted by atomic mass is 127. The van der Waals surface area contributed by atoms with Gasteiger partial charge in [-0.15, -0.1) is 0 Å². The van der Waals surface area contributed by atoms with Crippen LogP contribution in [-0.2, 0) is 0 Å². The van der Waals surface area contributed by atoms with Crippen LogP contribution in [-0.4, -0.2) is 4.98 Å². The first-order chi connectivity index (χ1) is 5.79. The summed E-state index contributed by atoms with van der Waals surface area (Å²) < 4.78 is 13.9. The van der Waals surface area contributed by atoms with E-state index in [4.69, 9.17) is 0 Å². The largest absolute Gasteiger partial charge is 0.247 e. The van der Waals surface area contributed by atoms with Gasteiger partial charge >= 0.3 is 0 Å². The third kappa shape index (κ3) is 1.18. The standard InChI is InChI=1S/C9H5FIN/c10-8-5-12-9(11)7-4-2-1-3-6(7)8/h1-5H. The fourth-order valence-corrected chi connectivity index (χ4v) is 1.73. The number of benzene rings is 1. The SMILES string of the molecule is Fc1cnc(I)c2ccccc12. The van der Waals surface area contributed by atoms with Gasteiger partial charge in [-0.2, -0.15) is 0 Å². The summed E-state index contributed by atoms with van der Waals surface area (Å²) in [4.78, 5) is 3.92. The summed E-state index contributed by atoms with van der Waals surface area (Å²) in [7, 11) is 0. The lowest BCUT2D eigenvalue weighted by atomic mass is 10.2. The predicted molar refractivity (Wildman–Crippen MR) is 54.4 cm³/mol. The van der Waals surface area contributed by atoms with E-state index in [1.54, 1.807) is 6.07 Å². The third-order valence-electron chi connectivity index (χ3n) is 1.70. The summed E-state index contributed by atoms with van der Waals surface area (Å²) in [5.41, 5.74) is 0. The van der Waals surface area contributed by atoms with E-state index in [0.29, 0.717) is 5.39 Å². The van der Waals surface area contributed by atoms with Crippen LogP contribution < -0.4 is 0 Å². The smallest absolute Gasteiger partial charge is 0.149 e. The molecule has 1 aromatic heterocycles. The fourth-order valence-electron chi connectivity index (χ4n) is 1.12. The van der Waals surface area contributed by atoms with Crippen molar-refractivity contribution in [2.45, 2.75) is 0 Å². The van der Waals surface area contributed by atoms with Crippen LogP contribution in [0.5, 0.6) is 0 Å². The lowest BCUT2D eigenvalue weighted by molar-refractivity contribution is 0.633. The molecule has 60 valence electrons. The molecule has 0 aliphatic carbocycles. The molecule has 2 aromatic rings. The van der Waals surface area contributed by atoms with Gasteiger partial charge in [-0.05, 0) is 22.6 Å². The minimum absolute atomic E-state index is 0.258. The Morgan fingerprint density at radius 3 is 2.50 bits per heavy atom. The zero-order chi connectivity index (χ0) is 8.55. The van der Waals surface area contributed by atoms with Gasteiger partial charge in [-0.3, -0.25) is 0 Å². The molecule has 1 aromatic carbocycles. The minimum atomic E-state index is -0.258. The van der Waals surface area contributed by atoms with Gasteiger partial charge in [0.25, 0.3) is 0 Å². The third-order valence-corrected chi connectivity index (χ3v) is 2.56. The lowest BCUT2D eigenvalue weighted by Crippen LogP contribution is -1.86. The normalized spacial score (nSPS) is 10.5. The zero-order valence-electron chi connectivity index (χ0n) is 6.09. The van der Waals surface area contributed by atoms with Crippen molar-refractivity contribution < 1.29 is 4.39 Å². The quantitative estimate of drug-likeness (QED) is 0.531. The van der Waals surface area contributed by atoms with E-state index in [0.717, 1.165) is 9.09 Å². The predicted octanol–water partition coefficient (Wildman–Crippen LogP) is 2.98. The van der Waals surface area contributed by atoms with Gasteiger partial charge in [-0.25, -0.2) is 9.37 Å². The number of halogens is 2. The van der Waals surface area contributed by atoms with Crippen LogP contribution in [0.25, 0.3) is 10.8 Å². The molecule has 0 saturated heterocycles. The minimum Gasteiger partial charge on any atom is -0.247 e. The Morgan fingerprint density at radius 2 is 1.83 bits per heavy atom. The first-order valence-corrected chi connectivity index (χ1v) is 4.55. The number of rotatable bonds is 0. The van der Waals surface area contributed by atoms with Gasteiger partial charge in [0.1, 0.15) is 9.52 Å². The van der Waals surface area contributed by atoms with Crippen molar-refractivity contribution in [3.63, 3.8) is 0 Å². The monoisotopic (exact) mass is 273 g/mol. The molecule has 0 N–H and O–H groups in total.